The summed E-state index contributed by atoms with van der Waals surface area (Å²) < 4.78 is 45.3. The quantitative estimate of drug-likeness (QED) is 0.241. The first-order valence-electron chi connectivity index (χ1n) is 15.8. The monoisotopic (exact) mass is 733 g/mol. The molecule has 1 heterocycles. The number of amides is 3. The van der Waals surface area contributed by atoms with Gasteiger partial charge in [0.25, 0.3) is 0 Å². The Morgan fingerprint density at radius 1 is 1.02 bits per heavy atom. The molecule has 1 aliphatic carbocycles. The third-order valence-corrected chi connectivity index (χ3v) is 9.29. The average molecular weight is 735 g/mol. The minimum absolute atomic E-state index is 0.126. The largest absolute Gasteiger partial charge is 0.490 e. The number of carboxylic acids is 1. The third kappa shape index (κ3) is 11.0. The predicted octanol–water partition coefficient (Wildman–Crippen LogP) is 4.22. The zero-order valence-electron chi connectivity index (χ0n) is 27.4. The van der Waals surface area contributed by atoms with E-state index in [9.17, 15) is 31.9 Å². The number of carbonyl (C=O) groups is 4. The molecule has 1 saturated heterocycles. The van der Waals surface area contributed by atoms with E-state index in [2.05, 4.69) is 27.8 Å². The number of likely N-dealkylation sites (N-methyl/N-ethyl adjacent to an activating group) is 2. The molecule has 1 saturated carbocycles. The van der Waals surface area contributed by atoms with Crippen LogP contribution in [0.1, 0.15) is 43.7 Å². The maximum Gasteiger partial charge on any atom is 0.490 e. The Bertz CT molecular complexity index is 1480. The van der Waals surface area contributed by atoms with Crippen molar-refractivity contribution in [1.29, 1.82) is 0 Å². The molecule has 16 heteroatoms. The van der Waals surface area contributed by atoms with Crippen LogP contribution in [0.4, 0.5) is 17.6 Å². The van der Waals surface area contributed by atoms with E-state index in [4.69, 9.17) is 33.1 Å². The molecule has 4 N–H and O–H groups in total. The van der Waals surface area contributed by atoms with Crippen LogP contribution in [-0.2, 0) is 32.0 Å². The normalized spacial score (nSPS) is 18.4. The van der Waals surface area contributed by atoms with Crippen LogP contribution in [0.15, 0.2) is 42.5 Å². The highest BCUT2D eigenvalue weighted by molar-refractivity contribution is 6.35. The van der Waals surface area contributed by atoms with Crippen molar-refractivity contribution in [3.63, 3.8) is 0 Å². The van der Waals surface area contributed by atoms with Gasteiger partial charge in [-0.15, -0.1) is 0 Å². The summed E-state index contributed by atoms with van der Waals surface area (Å²) >= 11 is 12.5. The number of aliphatic carboxylic acids is 1. The van der Waals surface area contributed by atoms with Gasteiger partial charge >= 0.3 is 12.1 Å². The maximum absolute atomic E-state index is 14.1. The van der Waals surface area contributed by atoms with Crippen LogP contribution in [0.3, 0.4) is 0 Å². The first kappa shape index (κ1) is 40.0. The summed E-state index contributed by atoms with van der Waals surface area (Å²) in [5.41, 5.74) is 0.933. The Kier molecular flexibility index (Phi) is 14.2. The van der Waals surface area contributed by atoms with E-state index < -0.39 is 29.8 Å². The first-order chi connectivity index (χ1) is 23.0. The lowest BCUT2D eigenvalue weighted by Gasteiger charge is -2.45. The second-order valence-corrected chi connectivity index (χ2v) is 12.9. The zero-order valence-corrected chi connectivity index (χ0v) is 28.9. The molecular formula is C33H41Cl2F4N5O5. The highest BCUT2D eigenvalue weighted by Crippen LogP contribution is 2.35. The van der Waals surface area contributed by atoms with Crippen molar-refractivity contribution in [3.8, 4) is 0 Å². The van der Waals surface area contributed by atoms with Crippen molar-refractivity contribution in [2.45, 2.75) is 75.3 Å². The molecule has 2 aliphatic rings. The van der Waals surface area contributed by atoms with Gasteiger partial charge in [0.1, 0.15) is 11.9 Å². The second kappa shape index (κ2) is 17.5. The smallest absolute Gasteiger partial charge is 0.475 e. The highest BCUT2D eigenvalue weighted by Gasteiger charge is 2.50. The number of halogens is 6. The summed E-state index contributed by atoms with van der Waals surface area (Å²) in [6.07, 6.45) is -1.43. The Labute approximate surface area is 292 Å². The molecule has 1 aliphatic heterocycles. The van der Waals surface area contributed by atoms with E-state index in [-0.39, 0.29) is 36.0 Å². The van der Waals surface area contributed by atoms with E-state index in [0.29, 0.717) is 48.9 Å². The van der Waals surface area contributed by atoms with E-state index in [0.717, 1.165) is 24.0 Å². The van der Waals surface area contributed by atoms with Crippen LogP contribution in [0.5, 0.6) is 0 Å². The Morgan fingerprint density at radius 3 is 2.16 bits per heavy atom. The van der Waals surface area contributed by atoms with Gasteiger partial charge in [0.05, 0.1) is 11.6 Å². The Balaban J connectivity index is 0.000000838. The lowest BCUT2D eigenvalue weighted by Crippen LogP contribution is -2.63. The van der Waals surface area contributed by atoms with Crippen molar-refractivity contribution in [1.82, 2.24) is 25.8 Å². The number of nitrogens with zero attached hydrogens (tertiary/aromatic N) is 2. The van der Waals surface area contributed by atoms with E-state index in [1.807, 2.05) is 11.0 Å². The van der Waals surface area contributed by atoms with Crippen LogP contribution in [0, 0.1) is 5.82 Å². The minimum atomic E-state index is -5.08. The Hall–Kier alpha value is -3.46. The summed E-state index contributed by atoms with van der Waals surface area (Å²) in [7, 11) is 3.36. The first-order valence-corrected chi connectivity index (χ1v) is 16.5. The molecule has 10 nitrogen and oxygen atoms in total. The fourth-order valence-electron chi connectivity index (χ4n) is 5.75. The number of carbonyl (C=O) groups excluding carboxylic acids is 3. The topological polar surface area (TPSA) is 131 Å². The second-order valence-electron chi connectivity index (χ2n) is 12.0. The fraction of sp³-hybridized carbons (Fsp3) is 0.515. The molecule has 3 amide bonds. The molecule has 4 rings (SSSR count). The number of alkyl halides is 3. The van der Waals surface area contributed by atoms with Crippen molar-refractivity contribution >= 4 is 46.9 Å². The molecule has 0 bridgehead atoms. The molecule has 0 radical (unpaired) electrons. The molecule has 2 aromatic carbocycles. The highest BCUT2D eigenvalue weighted by atomic mass is 35.5. The van der Waals surface area contributed by atoms with Gasteiger partial charge in [-0.3, -0.25) is 19.3 Å². The summed E-state index contributed by atoms with van der Waals surface area (Å²) in [6, 6.07) is 9.83. The van der Waals surface area contributed by atoms with Crippen molar-refractivity contribution in [2.24, 2.45) is 0 Å². The van der Waals surface area contributed by atoms with E-state index in [1.54, 1.807) is 38.4 Å². The summed E-state index contributed by atoms with van der Waals surface area (Å²) in [5, 5.41) is 17.0. The van der Waals surface area contributed by atoms with Gasteiger partial charge in [0.15, 0.2) is 0 Å². The summed E-state index contributed by atoms with van der Waals surface area (Å²) in [6.45, 7) is 3.44. The maximum atomic E-state index is 14.1. The van der Waals surface area contributed by atoms with Gasteiger partial charge in [-0.1, -0.05) is 54.7 Å². The summed E-state index contributed by atoms with van der Waals surface area (Å²) in [4.78, 5) is 53.3. The molecule has 3 unspecified atom stereocenters. The number of nitrogens with one attached hydrogen (secondary N) is 3. The molecule has 3 atom stereocenters. The van der Waals surface area contributed by atoms with Gasteiger partial charge in [-0.2, -0.15) is 13.2 Å². The van der Waals surface area contributed by atoms with Gasteiger partial charge in [0.2, 0.25) is 17.7 Å². The molecule has 270 valence electrons. The van der Waals surface area contributed by atoms with Gasteiger partial charge in [-0.05, 0) is 68.1 Å². The number of carboxylic acid groups (broad SMARTS) is 1. The van der Waals surface area contributed by atoms with Gasteiger partial charge in [-0.25, -0.2) is 9.18 Å². The summed E-state index contributed by atoms with van der Waals surface area (Å²) in [5.74, 6) is -3.61. The number of benzene rings is 2. The third-order valence-electron chi connectivity index (χ3n) is 8.70. The van der Waals surface area contributed by atoms with Crippen molar-refractivity contribution in [3.05, 3.63) is 69.5 Å². The molecule has 0 spiro atoms. The SMILES string of the molecule is CCCC1CN(C(Cc2ccc(Cl)cc2Cl)C(=O)NC)CCN1C(=O)C(Cc1ccc(F)cc1)NC(=O)C1(NC)CC1.O=C(O)C(F)(F)F. The molecule has 2 aromatic rings. The van der Waals surface area contributed by atoms with Gasteiger partial charge < -0.3 is 26.0 Å². The molecule has 0 aromatic heterocycles. The van der Waals surface area contributed by atoms with Crippen LogP contribution in [0.2, 0.25) is 10.0 Å². The minimum Gasteiger partial charge on any atom is -0.475 e. The van der Waals surface area contributed by atoms with Crippen LogP contribution < -0.4 is 16.0 Å². The lowest BCUT2D eigenvalue weighted by molar-refractivity contribution is -0.192. The lowest BCUT2D eigenvalue weighted by atomic mass is 9.98. The average Bonchev–Trinajstić information content (AvgIpc) is 3.86. The van der Waals surface area contributed by atoms with Crippen molar-refractivity contribution < 1.29 is 41.8 Å². The zero-order chi connectivity index (χ0) is 36.5. The number of hydrogen-bond donors (Lipinski definition) is 4. The van der Waals surface area contributed by atoms with E-state index in [1.165, 1.54) is 12.1 Å². The van der Waals surface area contributed by atoms with Crippen LogP contribution in [-0.4, -0.2) is 102 Å². The standard InChI is InChI=1S/C31H40Cl2FN5O3.C2HF3O2/c1-4-5-24-19-38(27(28(40)35-2)17-21-8-9-22(32)18-25(21)33)14-15-39(24)29(41)26(16-20-6-10-23(34)11-7-20)37-30(42)31(36-3)12-13-31;3-2(4,5)1(6)7/h6-11,18,24,26-27,36H,4-5,12-17,19H2,1-3H3,(H,35,40)(H,37,42);(H,6,7). The van der Waals surface area contributed by atoms with E-state index >= 15 is 0 Å². The molecular weight excluding hydrogens is 693 g/mol. The van der Waals surface area contributed by atoms with Gasteiger partial charge in [0, 0.05) is 49.2 Å². The number of rotatable bonds is 12. The van der Waals surface area contributed by atoms with Crippen molar-refractivity contribution in [2.75, 3.05) is 33.7 Å². The number of hydrogen-bond acceptors (Lipinski definition) is 6. The predicted molar refractivity (Wildman–Crippen MR) is 177 cm³/mol. The number of piperazine rings is 1. The fourth-order valence-corrected chi connectivity index (χ4v) is 6.24. The Morgan fingerprint density at radius 2 is 1.65 bits per heavy atom. The van der Waals surface area contributed by atoms with Crippen LogP contribution >= 0.6 is 23.2 Å². The molecule has 49 heavy (non-hydrogen) atoms. The molecule has 2 fully saturated rings. The van der Waals surface area contributed by atoms with Crippen LogP contribution in [0.25, 0.3) is 0 Å².